The number of ketones is 2. The Morgan fingerprint density at radius 2 is 1.73 bits per heavy atom. The van der Waals surface area contributed by atoms with E-state index in [1.165, 1.54) is 19.3 Å². The van der Waals surface area contributed by atoms with E-state index in [-0.39, 0.29) is 79.0 Å². The van der Waals surface area contributed by atoms with Crippen molar-refractivity contribution in [2.45, 2.75) is 147 Å². The first kappa shape index (κ1) is 40.8. The van der Waals surface area contributed by atoms with E-state index in [1.54, 1.807) is 7.11 Å². The molecule has 51 heavy (non-hydrogen) atoms. The molecule has 290 valence electrons. The second-order valence-electron chi connectivity index (χ2n) is 17.2. The summed E-state index contributed by atoms with van der Waals surface area (Å²) < 4.78 is 5.71. The number of fused-ring (bicyclic) bond motifs is 2. The van der Waals surface area contributed by atoms with Crippen molar-refractivity contribution in [3.8, 4) is 11.8 Å². The summed E-state index contributed by atoms with van der Waals surface area (Å²) in [5.41, 5.74) is 0. The van der Waals surface area contributed by atoms with Crippen LogP contribution < -0.4 is 10.6 Å². The summed E-state index contributed by atoms with van der Waals surface area (Å²) in [4.78, 5) is 28.0. The number of rotatable bonds is 12. The fourth-order valence-electron chi connectivity index (χ4n) is 11.1. The maximum Gasteiger partial charge on any atom is 0.173 e. The molecule has 0 amide bonds. The van der Waals surface area contributed by atoms with Gasteiger partial charge in [0.25, 0.3) is 0 Å². The first-order valence-electron chi connectivity index (χ1n) is 20.9. The summed E-state index contributed by atoms with van der Waals surface area (Å²) in [7, 11) is 1.64. The highest BCUT2D eigenvalue weighted by Gasteiger charge is 2.46. The third-order valence-corrected chi connectivity index (χ3v) is 13.9. The van der Waals surface area contributed by atoms with Gasteiger partial charge in [0.05, 0.1) is 18.4 Å². The van der Waals surface area contributed by atoms with E-state index in [2.05, 4.69) is 29.4 Å². The molecule has 0 radical (unpaired) electrons. The second kappa shape index (κ2) is 20.3. The van der Waals surface area contributed by atoms with Crippen LogP contribution in [0.2, 0.25) is 0 Å². The lowest BCUT2D eigenvalue weighted by Crippen LogP contribution is -2.48. The summed E-state index contributed by atoms with van der Waals surface area (Å²) in [5, 5.41) is 49.7. The molecule has 9 heteroatoms. The molecule has 0 bridgehead atoms. The molecular weight excluding hydrogens is 644 g/mol. The van der Waals surface area contributed by atoms with Crippen LogP contribution in [0.1, 0.15) is 122 Å². The van der Waals surface area contributed by atoms with E-state index in [1.807, 2.05) is 0 Å². The minimum atomic E-state index is -1.65. The molecule has 0 spiro atoms. The lowest BCUT2D eigenvalue weighted by atomic mass is 9.63. The van der Waals surface area contributed by atoms with Crippen LogP contribution in [0.15, 0.2) is 0 Å². The zero-order valence-corrected chi connectivity index (χ0v) is 31.7. The standard InChI is InChI=1S/C42H70N2O7/c1-3-8-32(26-46)33-21-28(19-27-15-17-44-40(22-27)43-16-7-18-45)20-30-11-13-34(29-9-5-4-6-10-29)35-25-38(48)39(51-2)24-31(35)12-14-37(47)42(50)41(49)36(30)23-33/h27-36,38-40,42-46,48,50H,3-10,12,14-26H2,1-2H3. The fourth-order valence-corrected chi connectivity index (χ4v) is 11.1. The number of aliphatic hydroxyl groups excluding tert-OH is 4. The molecular formula is C42H70N2O7. The van der Waals surface area contributed by atoms with Gasteiger partial charge in [-0.05, 0) is 138 Å². The molecule has 1 heterocycles. The zero-order valence-electron chi connectivity index (χ0n) is 31.7. The smallest absolute Gasteiger partial charge is 0.173 e. The van der Waals surface area contributed by atoms with Gasteiger partial charge in [0.15, 0.2) is 17.7 Å². The van der Waals surface area contributed by atoms with E-state index >= 15 is 0 Å². The van der Waals surface area contributed by atoms with Crippen LogP contribution in [0.4, 0.5) is 0 Å². The van der Waals surface area contributed by atoms with Gasteiger partial charge in [-0.25, -0.2) is 0 Å². The van der Waals surface area contributed by atoms with Crippen LogP contribution >= 0.6 is 0 Å². The predicted molar refractivity (Wildman–Crippen MR) is 198 cm³/mol. The van der Waals surface area contributed by atoms with Gasteiger partial charge in [-0.1, -0.05) is 44.4 Å². The van der Waals surface area contributed by atoms with E-state index < -0.39 is 18.1 Å². The molecule has 6 N–H and O–H groups in total. The molecule has 0 aromatic heterocycles. The fraction of sp³-hybridized carbons (Fsp3) is 0.905. The Balaban J connectivity index is 1.50. The Labute approximate surface area is 307 Å². The van der Waals surface area contributed by atoms with Crippen LogP contribution in [-0.2, 0) is 14.3 Å². The van der Waals surface area contributed by atoms with Crippen molar-refractivity contribution in [2.75, 3.05) is 33.4 Å². The lowest BCUT2D eigenvalue weighted by Gasteiger charge is -2.44. The van der Waals surface area contributed by atoms with Gasteiger partial charge in [-0.3, -0.25) is 9.59 Å². The molecule has 4 aliphatic carbocycles. The number of hydrogen-bond acceptors (Lipinski definition) is 9. The van der Waals surface area contributed by atoms with E-state index in [9.17, 15) is 30.0 Å². The molecule has 1 aliphatic heterocycles. The number of carbonyl (C=O) groups excluding carboxylic acids is 2. The number of ether oxygens (including phenoxy) is 1. The number of Topliss-reactive ketones (excluding diaryl/α,β-unsaturated/α-hetero) is 2. The number of piperidine rings is 1. The molecule has 13 unspecified atom stereocenters. The highest BCUT2D eigenvalue weighted by atomic mass is 16.5. The predicted octanol–water partition coefficient (Wildman–Crippen LogP) is 4.63. The Morgan fingerprint density at radius 3 is 2.45 bits per heavy atom. The highest BCUT2D eigenvalue weighted by molar-refractivity contribution is 6.06. The number of carbonyl (C=O) groups is 2. The molecule has 1 saturated heterocycles. The van der Waals surface area contributed by atoms with Gasteiger partial charge in [0.1, 0.15) is 0 Å². The van der Waals surface area contributed by atoms with Gasteiger partial charge in [0, 0.05) is 44.5 Å². The van der Waals surface area contributed by atoms with Crippen molar-refractivity contribution in [1.29, 1.82) is 0 Å². The molecule has 13 atom stereocenters. The molecule has 3 saturated carbocycles. The van der Waals surface area contributed by atoms with Gasteiger partial charge >= 0.3 is 0 Å². The minimum absolute atomic E-state index is 0.0698. The summed E-state index contributed by atoms with van der Waals surface area (Å²) in [5.74, 6) is 7.89. The quantitative estimate of drug-likeness (QED) is 0.0968. The number of hydrogen-bond donors (Lipinski definition) is 6. The van der Waals surface area contributed by atoms with Crippen molar-refractivity contribution in [2.24, 2.45) is 59.2 Å². The minimum Gasteiger partial charge on any atom is -0.396 e. The maximum atomic E-state index is 14.4. The summed E-state index contributed by atoms with van der Waals surface area (Å²) in [6, 6.07) is 0. The average molecular weight is 715 g/mol. The Morgan fingerprint density at radius 1 is 0.922 bits per heavy atom. The van der Waals surface area contributed by atoms with Crippen LogP contribution in [-0.4, -0.2) is 89.9 Å². The van der Waals surface area contributed by atoms with Crippen molar-refractivity contribution >= 4 is 11.6 Å². The van der Waals surface area contributed by atoms with Crippen molar-refractivity contribution in [3.05, 3.63) is 0 Å². The summed E-state index contributed by atoms with van der Waals surface area (Å²) in [6.07, 6.45) is 13.5. The molecule has 0 aromatic rings. The molecule has 9 nitrogen and oxygen atoms in total. The monoisotopic (exact) mass is 715 g/mol. The number of nitrogens with one attached hydrogen (secondary N) is 2. The number of methoxy groups -OCH3 is 1. The Bertz CT molecular complexity index is 1150. The van der Waals surface area contributed by atoms with Crippen LogP contribution in [0.5, 0.6) is 0 Å². The van der Waals surface area contributed by atoms with Gasteiger partial charge in [-0.15, -0.1) is 0 Å². The molecule has 4 fully saturated rings. The normalized spacial score (nSPS) is 39.3. The topological polar surface area (TPSA) is 148 Å². The zero-order chi connectivity index (χ0) is 36.3. The van der Waals surface area contributed by atoms with E-state index in [4.69, 9.17) is 4.74 Å². The largest absolute Gasteiger partial charge is 0.396 e. The Hall–Kier alpha value is -1.38. The molecule has 5 aliphatic rings. The van der Waals surface area contributed by atoms with Crippen molar-refractivity contribution in [1.82, 2.24) is 10.6 Å². The third-order valence-electron chi connectivity index (χ3n) is 13.9. The third kappa shape index (κ3) is 10.9. The van der Waals surface area contributed by atoms with Crippen LogP contribution in [0, 0.1) is 71.0 Å². The maximum absolute atomic E-state index is 14.4. The van der Waals surface area contributed by atoms with Gasteiger partial charge in [-0.2, -0.15) is 0 Å². The van der Waals surface area contributed by atoms with Crippen molar-refractivity contribution < 1.29 is 34.8 Å². The van der Waals surface area contributed by atoms with E-state index in [0.29, 0.717) is 43.4 Å². The van der Waals surface area contributed by atoms with E-state index in [0.717, 1.165) is 77.3 Å². The molecule has 0 aromatic carbocycles. The summed E-state index contributed by atoms with van der Waals surface area (Å²) in [6.45, 7) is 4.11. The SMILES string of the molecule is CCCC(CO)C1CC(CC2CCNC(NCCCO)C2)CC2C#CC(C3CCCCC3)C3CC(O)C(OC)CC3CCC(=O)C(O)C(=O)C2C1. The first-order valence-corrected chi connectivity index (χ1v) is 20.9. The number of aliphatic hydroxyl groups is 4. The average Bonchev–Trinajstić information content (AvgIpc) is 3.32. The van der Waals surface area contributed by atoms with Crippen LogP contribution in [0.3, 0.4) is 0 Å². The summed E-state index contributed by atoms with van der Waals surface area (Å²) >= 11 is 0. The Kier molecular flexibility index (Phi) is 16.3. The van der Waals surface area contributed by atoms with Gasteiger partial charge in [0.2, 0.25) is 0 Å². The van der Waals surface area contributed by atoms with Crippen LogP contribution in [0.25, 0.3) is 0 Å². The first-order chi connectivity index (χ1) is 24.8. The second-order valence-corrected chi connectivity index (χ2v) is 17.2. The van der Waals surface area contributed by atoms with Crippen molar-refractivity contribution in [3.63, 3.8) is 0 Å². The highest BCUT2D eigenvalue weighted by Crippen LogP contribution is 2.47. The lowest BCUT2D eigenvalue weighted by molar-refractivity contribution is -0.142. The molecule has 5 rings (SSSR count). The van der Waals surface area contributed by atoms with Gasteiger partial charge < -0.3 is 35.8 Å².